The standard InChI is InChI=1S/C17H17BN5O5/c19-15-12-16(21-7-20-15)23(8-22-12)17-14-13(11(5-24)26-17)27-18(28-14)10-4-2-1-3-9(10)6-25-18/h1-4,7-8,11,13-14,17,24H,5-6H2,(H2,19,20,21)/q-1/t11-,13+,14?,17-,18?/m1/s1. The fourth-order valence-corrected chi connectivity index (χ4v) is 4.42. The van der Waals surface area contributed by atoms with Crippen LogP contribution in [0.2, 0.25) is 0 Å². The van der Waals surface area contributed by atoms with Crippen molar-refractivity contribution < 1.29 is 23.8 Å². The van der Waals surface area contributed by atoms with Gasteiger partial charge in [0.1, 0.15) is 17.9 Å². The maximum absolute atomic E-state index is 9.85. The summed E-state index contributed by atoms with van der Waals surface area (Å²) in [5, 5.41) is 9.85. The summed E-state index contributed by atoms with van der Waals surface area (Å²) in [6.07, 6.45) is 0.805. The summed E-state index contributed by atoms with van der Waals surface area (Å²) in [5.41, 5.74) is 8.84. The quantitative estimate of drug-likeness (QED) is 0.562. The second kappa shape index (κ2) is 5.72. The number of benzene rings is 1. The van der Waals surface area contributed by atoms with E-state index < -0.39 is 31.3 Å². The van der Waals surface area contributed by atoms with E-state index in [1.165, 1.54) is 6.33 Å². The van der Waals surface area contributed by atoms with Gasteiger partial charge in [-0.25, -0.2) is 15.0 Å². The van der Waals surface area contributed by atoms with Gasteiger partial charge in [0, 0.05) is 6.61 Å². The largest absolute Gasteiger partial charge is 0.537 e. The van der Waals surface area contributed by atoms with Gasteiger partial charge in [-0.2, -0.15) is 0 Å². The molecule has 5 atom stereocenters. The van der Waals surface area contributed by atoms with Gasteiger partial charge < -0.3 is 29.5 Å². The van der Waals surface area contributed by atoms with Crippen molar-refractivity contribution in [1.29, 1.82) is 0 Å². The zero-order chi connectivity index (χ0) is 18.9. The first-order valence-electron chi connectivity index (χ1n) is 9.11. The number of hydrogen-bond donors (Lipinski definition) is 2. The molecule has 144 valence electrons. The van der Waals surface area contributed by atoms with E-state index in [0.717, 1.165) is 11.0 Å². The Morgan fingerprint density at radius 3 is 2.93 bits per heavy atom. The molecule has 28 heavy (non-hydrogen) atoms. The Morgan fingerprint density at radius 2 is 2.04 bits per heavy atom. The summed E-state index contributed by atoms with van der Waals surface area (Å²) in [7, 11) is 0. The minimum atomic E-state index is -2.09. The smallest absolute Gasteiger partial charge is 0.410 e. The third-order valence-corrected chi connectivity index (χ3v) is 5.69. The Bertz CT molecular complexity index is 1080. The second-order valence-electron chi connectivity index (χ2n) is 7.18. The first-order valence-corrected chi connectivity index (χ1v) is 9.11. The van der Waals surface area contributed by atoms with Crippen molar-refractivity contribution in [3.63, 3.8) is 0 Å². The van der Waals surface area contributed by atoms with Gasteiger partial charge in [0.15, 0.2) is 17.7 Å². The lowest BCUT2D eigenvalue weighted by Gasteiger charge is -2.34. The summed E-state index contributed by atoms with van der Waals surface area (Å²) >= 11 is 0. The molecule has 11 heteroatoms. The third-order valence-electron chi connectivity index (χ3n) is 5.69. The van der Waals surface area contributed by atoms with Crippen molar-refractivity contribution in [1.82, 2.24) is 19.5 Å². The number of imidazole rings is 1. The number of rotatable bonds is 2. The Morgan fingerprint density at radius 1 is 1.18 bits per heavy atom. The fraction of sp³-hybridized carbons (Fsp3) is 0.353. The third kappa shape index (κ3) is 2.07. The number of nitrogen functional groups attached to an aromatic ring is 1. The molecule has 2 fully saturated rings. The van der Waals surface area contributed by atoms with Crippen LogP contribution in [0.4, 0.5) is 5.82 Å². The Kier molecular flexibility index (Phi) is 3.35. The first-order chi connectivity index (χ1) is 13.7. The molecule has 3 aliphatic rings. The molecule has 2 aromatic heterocycles. The topological polar surface area (TPSA) is 127 Å². The van der Waals surface area contributed by atoms with Crippen molar-refractivity contribution >= 4 is 29.2 Å². The summed E-state index contributed by atoms with van der Waals surface area (Å²) in [5.74, 6) is 0.286. The average Bonchev–Trinajstić information content (AvgIpc) is 3.46. The highest BCUT2D eigenvalue weighted by molar-refractivity contribution is 6.77. The second-order valence-corrected chi connectivity index (χ2v) is 7.18. The molecule has 5 heterocycles. The zero-order valence-electron chi connectivity index (χ0n) is 14.7. The maximum atomic E-state index is 9.85. The van der Waals surface area contributed by atoms with Crippen molar-refractivity contribution in [2.75, 3.05) is 12.3 Å². The molecule has 2 saturated heterocycles. The molecule has 3 aliphatic heterocycles. The molecule has 0 aliphatic carbocycles. The summed E-state index contributed by atoms with van der Waals surface area (Å²) in [6, 6.07) is 7.83. The molecule has 10 nitrogen and oxygen atoms in total. The zero-order valence-corrected chi connectivity index (χ0v) is 14.7. The molecule has 0 saturated carbocycles. The van der Waals surface area contributed by atoms with E-state index in [0.29, 0.717) is 17.8 Å². The lowest BCUT2D eigenvalue weighted by atomic mass is 9.70. The predicted molar refractivity (Wildman–Crippen MR) is 97.1 cm³/mol. The van der Waals surface area contributed by atoms with Crippen LogP contribution in [-0.2, 0) is 25.3 Å². The van der Waals surface area contributed by atoms with Crippen LogP contribution in [0, 0.1) is 0 Å². The van der Waals surface area contributed by atoms with E-state index in [2.05, 4.69) is 15.0 Å². The highest BCUT2D eigenvalue weighted by Gasteiger charge is 2.57. The van der Waals surface area contributed by atoms with Crippen LogP contribution in [0.25, 0.3) is 11.2 Å². The molecule has 3 aromatic rings. The van der Waals surface area contributed by atoms with E-state index in [1.807, 2.05) is 24.3 Å². The van der Waals surface area contributed by atoms with Gasteiger partial charge in [-0.1, -0.05) is 29.8 Å². The molecule has 2 unspecified atom stereocenters. The van der Waals surface area contributed by atoms with Crippen molar-refractivity contribution in [2.45, 2.75) is 31.1 Å². The molecule has 0 bridgehead atoms. The van der Waals surface area contributed by atoms with Crippen molar-refractivity contribution in [3.05, 3.63) is 42.5 Å². The summed E-state index contributed by atoms with van der Waals surface area (Å²) < 4.78 is 26.4. The molecular formula is C17H17BN5O5-. The number of nitrogens with zero attached hydrogens (tertiary/aromatic N) is 4. The molecule has 0 radical (unpaired) electrons. The molecule has 1 spiro atoms. The highest BCUT2D eigenvalue weighted by Crippen LogP contribution is 2.44. The summed E-state index contributed by atoms with van der Waals surface area (Å²) in [6.45, 7) is -1.88. The first kappa shape index (κ1) is 16.4. The van der Waals surface area contributed by atoms with Crippen molar-refractivity contribution in [2.24, 2.45) is 0 Å². The Hall–Kier alpha value is -2.57. The number of aliphatic hydroxyl groups excluding tert-OH is 1. The van der Waals surface area contributed by atoms with Gasteiger partial charge in [-0.15, -0.1) is 5.46 Å². The van der Waals surface area contributed by atoms with Gasteiger partial charge >= 0.3 is 6.75 Å². The molecule has 1 aromatic carbocycles. The van der Waals surface area contributed by atoms with Gasteiger partial charge in [0.2, 0.25) is 0 Å². The van der Waals surface area contributed by atoms with E-state index in [-0.39, 0.29) is 12.4 Å². The highest BCUT2D eigenvalue weighted by atomic mass is 16.8. The number of fused-ring (bicyclic) bond motifs is 4. The van der Waals surface area contributed by atoms with Gasteiger partial charge in [0.05, 0.1) is 25.1 Å². The van der Waals surface area contributed by atoms with E-state index in [9.17, 15) is 5.11 Å². The monoisotopic (exact) mass is 382 g/mol. The number of anilines is 1. The van der Waals surface area contributed by atoms with Gasteiger partial charge in [-0.3, -0.25) is 4.57 Å². The Labute approximate surface area is 159 Å². The predicted octanol–water partition coefficient (Wildman–Crippen LogP) is -0.542. The average molecular weight is 382 g/mol. The molecule has 6 rings (SSSR count). The number of aromatic nitrogens is 4. The van der Waals surface area contributed by atoms with Crippen LogP contribution >= 0.6 is 0 Å². The SMILES string of the molecule is Nc1ncnc2c1ncn2[C@@H]1O[C@H](CO)[C@@H]2O[B-]3(OCc4ccccc43)OC21. The lowest BCUT2D eigenvalue weighted by molar-refractivity contribution is -0.0673. The van der Waals surface area contributed by atoms with E-state index in [4.69, 9.17) is 24.4 Å². The molecule has 0 amide bonds. The van der Waals surface area contributed by atoms with Crippen LogP contribution in [0.3, 0.4) is 0 Å². The van der Waals surface area contributed by atoms with Crippen LogP contribution in [0.5, 0.6) is 0 Å². The van der Waals surface area contributed by atoms with Crippen LogP contribution in [0.15, 0.2) is 36.9 Å². The number of aliphatic hydroxyl groups is 1. The minimum Gasteiger partial charge on any atom is -0.537 e. The van der Waals surface area contributed by atoms with Crippen LogP contribution < -0.4 is 11.2 Å². The van der Waals surface area contributed by atoms with Gasteiger partial charge in [0.25, 0.3) is 0 Å². The number of hydrogen-bond acceptors (Lipinski definition) is 9. The maximum Gasteiger partial charge on any atom is 0.410 e. The fourth-order valence-electron chi connectivity index (χ4n) is 4.42. The van der Waals surface area contributed by atoms with Crippen LogP contribution in [0.1, 0.15) is 11.8 Å². The van der Waals surface area contributed by atoms with Crippen molar-refractivity contribution in [3.8, 4) is 0 Å². The number of ether oxygens (including phenoxy) is 1. The molecule has 3 N–H and O–H groups in total. The van der Waals surface area contributed by atoms with E-state index in [1.54, 1.807) is 10.9 Å². The normalized spacial score (nSPS) is 33.6. The lowest BCUT2D eigenvalue weighted by Crippen LogP contribution is -2.51. The summed E-state index contributed by atoms with van der Waals surface area (Å²) in [4.78, 5) is 12.5. The number of nitrogens with two attached hydrogens (primary N) is 1. The minimum absolute atomic E-state index is 0.210. The Balaban J connectivity index is 1.42. The van der Waals surface area contributed by atoms with Crippen LogP contribution in [-0.4, -0.2) is 56.3 Å². The van der Waals surface area contributed by atoms with Gasteiger partial charge in [-0.05, 0) is 0 Å². The molecular weight excluding hydrogens is 365 g/mol. The van der Waals surface area contributed by atoms with E-state index >= 15 is 0 Å².